The Morgan fingerprint density at radius 2 is 2.15 bits per heavy atom. The van der Waals surface area contributed by atoms with E-state index in [0.717, 1.165) is 47.1 Å². The molecule has 7 nitrogen and oxygen atoms in total. The maximum absolute atomic E-state index is 5.58. The molecule has 0 amide bonds. The zero-order valence-corrected chi connectivity index (χ0v) is 20.0. The van der Waals surface area contributed by atoms with Crippen molar-refractivity contribution in [3.8, 4) is 5.69 Å². The number of nitrogens with zero attached hydrogens (tertiary/aromatic N) is 5. The molecule has 0 bridgehead atoms. The summed E-state index contributed by atoms with van der Waals surface area (Å²) in [6.45, 7) is 0.967. The summed E-state index contributed by atoms with van der Waals surface area (Å²) in [7, 11) is 1.83. The quantitative estimate of drug-likeness (QED) is 0.346. The van der Waals surface area contributed by atoms with E-state index in [-0.39, 0.29) is 0 Å². The van der Waals surface area contributed by atoms with Crippen molar-refractivity contribution in [1.29, 1.82) is 0 Å². The van der Waals surface area contributed by atoms with Gasteiger partial charge in [0.1, 0.15) is 5.65 Å². The van der Waals surface area contributed by atoms with E-state index in [1.165, 1.54) is 29.5 Å². The third-order valence-electron chi connectivity index (χ3n) is 6.79. The summed E-state index contributed by atoms with van der Waals surface area (Å²) in [6, 6.07) is 12.6. The predicted molar refractivity (Wildman–Crippen MR) is 136 cm³/mol. The first-order valence-corrected chi connectivity index (χ1v) is 12.7. The summed E-state index contributed by atoms with van der Waals surface area (Å²) in [5, 5.41) is 8.90. The van der Waals surface area contributed by atoms with Gasteiger partial charge in [0.2, 0.25) is 0 Å². The van der Waals surface area contributed by atoms with Crippen molar-refractivity contribution < 1.29 is 4.74 Å². The van der Waals surface area contributed by atoms with E-state index in [2.05, 4.69) is 56.3 Å². The lowest BCUT2D eigenvalue weighted by Crippen LogP contribution is -2.26. The van der Waals surface area contributed by atoms with Gasteiger partial charge in [-0.15, -0.1) is 0 Å². The molecule has 1 fully saturated rings. The van der Waals surface area contributed by atoms with Gasteiger partial charge in [0, 0.05) is 56.6 Å². The third kappa shape index (κ3) is 4.31. The van der Waals surface area contributed by atoms with Crippen molar-refractivity contribution in [2.75, 3.05) is 19.0 Å². The van der Waals surface area contributed by atoms with Crippen molar-refractivity contribution in [2.45, 2.75) is 38.2 Å². The first-order valence-electron chi connectivity index (χ1n) is 11.9. The zero-order valence-electron chi connectivity index (χ0n) is 19.2. The van der Waals surface area contributed by atoms with E-state index in [0.29, 0.717) is 12.0 Å². The summed E-state index contributed by atoms with van der Waals surface area (Å²) in [5.74, 6) is 0.658. The highest BCUT2D eigenvalue weighted by atomic mass is 32.1. The van der Waals surface area contributed by atoms with Gasteiger partial charge in [-0.3, -0.25) is 0 Å². The molecule has 0 aliphatic heterocycles. The number of pyridine rings is 1. The Morgan fingerprint density at radius 1 is 1.18 bits per heavy atom. The number of imidazole rings is 1. The second-order valence-corrected chi connectivity index (χ2v) is 10.1. The SMILES string of the molecule is COC1CCCC(CNc2nc3ccc(Cc4cnc5cc(-n6cccn6)ccn45)cc3s2)C1. The molecule has 0 spiro atoms. The summed E-state index contributed by atoms with van der Waals surface area (Å²) < 4.78 is 10.8. The van der Waals surface area contributed by atoms with Crippen LogP contribution >= 0.6 is 11.3 Å². The van der Waals surface area contributed by atoms with E-state index >= 15 is 0 Å². The lowest BCUT2D eigenvalue weighted by atomic mass is 9.87. The number of anilines is 1. The van der Waals surface area contributed by atoms with Crippen molar-refractivity contribution >= 4 is 32.3 Å². The smallest absolute Gasteiger partial charge is 0.183 e. The van der Waals surface area contributed by atoms with Gasteiger partial charge in [-0.2, -0.15) is 5.10 Å². The highest BCUT2D eigenvalue weighted by molar-refractivity contribution is 7.22. The van der Waals surface area contributed by atoms with Gasteiger partial charge in [-0.25, -0.2) is 14.6 Å². The maximum atomic E-state index is 5.58. The van der Waals surface area contributed by atoms with Gasteiger partial charge >= 0.3 is 0 Å². The van der Waals surface area contributed by atoms with Crippen LogP contribution in [0.5, 0.6) is 0 Å². The molecule has 0 radical (unpaired) electrons. The Balaban J connectivity index is 1.16. The number of ether oxygens (including phenoxy) is 1. The van der Waals surface area contributed by atoms with E-state index in [1.54, 1.807) is 17.5 Å². The second-order valence-electron chi connectivity index (χ2n) is 9.08. The number of hydrogen-bond donors (Lipinski definition) is 1. The largest absolute Gasteiger partial charge is 0.381 e. The minimum Gasteiger partial charge on any atom is -0.381 e. The van der Waals surface area contributed by atoms with Crippen molar-refractivity contribution in [3.63, 3.8) is 0 Å². The van der Waals surface area contributed by atoms with Gasteiger partial charge in [0.05, 0.1) is 22.0 Å². The number of benzene rings is 1. The molecular weight excluding hydrogens is 444 g/mol. The van der Waals surface area contributed by atoms with E-state index in [4.69, 9.17) is 9.72 Å². The summed E-state index contributed by atoms with van der Waals surface area (Å²) in [4.78, 5) is 9.43. The summed E-state index contributed by atoms with van der Waals surface area (Å²) >= 11 is 1.74. The van der Waals surface area contributed by atoms with Crippen LogP contribution in [0.2, 0.25) is 0 Å². The molecule has 4 heterocycles. The Hall–Kier alpha value is -3.23. The zero-order chi connectivity index (χ0) is 22.9. The van der Waals surface area contributed by atoms with Gasteiger partial charge in [-0.1, -0.05) is 23.8 Å². The molecule has 2 unspecified atom stereocenters. The summed E-state index contributed by atoms with van der Waals surface area (Å²) in [5.41, 5.74) is 5.40. The lowest BCUT2D eigenvalue weighted by molar-refractivity contribution is 0.0531. The highest BCUT2D eigenvalue weighted by Crippen LogP contribution is 2.30. The van der Waals surface area contributed by atoms with E-state index in [1.807, 2.05) is 30.3 Å². The van der Waals surface area contributed by atoms with Crippen molar-refractivity contribution in [1.82, 2.24) is 24.1 Å². The number of nitrogens with one attached hydrogen (secondary N) is 1. The fourth-order valence-electron chi connectivity index (χ4n) is 4.95. The number of rotatable bonds is 7. The molecule has 1 aliphatic carbocycles. The first kappa shape index (κ1) is 21.3. The molecule has 34 heavy (non-hydrogen) atoms. The number of methoxy groups -OCH3 is 1. The maximum Gasteiger partial charge on any atom is 0.183 e. The van der Waals surface area contributed by atoms with Crippen LogP contribution in [0.15, 0.2) is 61.2 Å². The average molecular weight is 473 g/mol. The van der Waals surface area contributed by atoms with Crippen molar-refractivity contribution in [3.05, 3.63) is 72.4 Å². The fourth-order valence-corrected chi connectivity index (χ4v) is 5.89. The molecule has 8 heteroatoms. The van der Waals surface area contributed by atoms with Crippen LogP contribution in [0, 0.1) is 5.92 Å². The average Bonchev–Trinajstić information content (AvgIpc) is 3.62. The van der Waals surface area contributed by atoms with Crippen LogP contribution in [0.3, 0.4) is 0 Å². The van der Waals surface area contributed by atoms with Gasteiger partial charge < -0.3 is 14.5 Å². The molecule has 4 aromatic heterocycles. The minimum atomic E-state index is 0.412. The Labute approximate surface area is 202 Å². The molecule has 5 aromatic rings. The molecule has 2 atom stereocenters. The molecule has 0 saturated heterocycles. The second kappa shape index (κ2) is 9.19. The summed E-state index contributed by atoms with van der Waals surface area (Å²) in [6.07, 6.45) is 13.8. The Morgan fingerprint density at radius 3 is 3.03 bits per heavy atom. The molecule has 1 saturated carbocycles. The number of aromatic nitrogens is 5. The van der Waals surface area contributed by atoms with Crippen LogP contribution in [0.1, 0.15) is 36.9 Å². The normalized spacial score (nSPS) is 18.6. The fraction of sp³-hybridized carbons (Fsp3) is 0.346. The standard InChI is InChI=1S/C26H28N6OS/c1-33-22-5-2-4-19(13-22)16-28-26-30-23-7-6-18(14-24(23)34-26)12-21-17-27-25-15-20(8-11-31(21)25)32-10-3-9-29-32/h3,6-11,14-15,17,19,22H,2,4-5,12-13,16H2,1H3,(H,28,30). The van der Waals surface area contributed by atoms with Gasteiger partial charge in [0.15, 0.2) is 5.13 Å². The number of hydrogen-bond acceptors (Lipinski definition) is 6. The molecule has 1 aromatic carbocycles. The van der Waals surface area contributed by atoms with Crippen LogP contribution in [0.25, 0.3) is 21.6 Å². The van der Waals surface area contributed by atoms with Crippen molar-refractivity contribution in [2.24, 2.45) is 5.92 Å². The monoisotopic (exact) mass is 472 g/mol. The van der Waals surface area contributed by atoms with Crippen LogP contribution in [-0.4, -0.2) is 43.9 Å². The van der Waals surface area contributed by atoms with E-state index < -0.39 is 0 Å². The third-order valence-corrected chi connectivity index (χ3v) is 7.77. The number of thiazole rings is 1. The molecular formula is C26H28N6OS. The van der Waals surface area contributed by atoms with E-state index in [9.17, 15) is 0 Å². The van der Waals surface area contributed by atoms with Crippen LogP contribution in [-0.2, 0) is 11.2 Å². The predicted octanol–water partition coefficient (Wildman–Crippen LogP) is 5.34. The first-order chi connectivity index (χ1) is 16.7. The number of fused-ring (bicyclic) bond motifs is 2. The molecule has 1 N–H and O–H groups in total. The van der Waals surface area contributed by atoms with Crippen LogP contribution in [0.4, 0.5) is 5.13 Å². The molecule has 6 rings (SSSR count). The highest BCUT2D eigenvalue weighted by Gasteiger charge is 2.21. The Bertz CT molecular complexity index is 1410. The topological polar surface area (TPSA) is 69.3 Å². The van der Waals surface area contributed by atoms with Gasteiger partial charge in [-0.05, 0) is 55.0 Å². The minimum absolute atomic E-state index is 0.412. The van der Waals surface area contributed by atoms with Gasteiger partial charge in [0.25, 0.3) is 0 Å². The molecule has 174 valence electrons. The molecule has 1 aliphatic rings. The Kier molecular flexibility index (Phi) is 5.76. The lowest BCUT2D eigenvalue weighted by Gasteiger charge is -2.28. The van der Waals surface area contributed by atoms with Crippen LogP contribution < -0.4 is 5.32 Å².